The summed E-state index contributed by atoms with van der Waals surface area (Å²) in [5, 5.41) is 2.22. The van der Waals surface area contributed by atoms with Crippen LogP contribution in [0.25, 0.3) is 27.5 Å². The maximum absolute atomic E-state index is 11.2. The number of hydrogen-bond donors (Lipinski definition) is 0. The van der Waals surface area contributed by atoms with Gasteiger partial charge in [-0.2, -0.15) is 0 Å². The first-order chi connectivity index (χ1) is 11.8. The van der Waals surface area contributed by atoms with E-state index in [4.69, 9.17) is 4.74 Å². The van der Waals surface area contributed by atoms with E-state index in [0.29, 0.717) is 12.2 Å². The van der Waals surface area contributed by atoms with E-state index in [9.17, 15) is 4.79 Å². The van der Waals surface area contributed by atoms with E-state index in [2.05, 4.69) is 22.8 Å². The molecule has 0 saturated heterocycles. The van der Waals surface area contributed by atoms with E-state index in [0.717, 1.165) is 39.5 Å². The Morgan fingerprint density at radius 2 is 1.75 bits per heavy atom. The Kier molecular flexibility index (Phi) is 3.54. The van der Waals surface area contributed by atoms with Gasteiger partial charge in [0.05, 0.1) is 17.6 Å². The Morgan fingerprint density at radius 3 is 2.58 bits per heavy atom. The number of rotatable bonds is 4. The summed E-state index contributed by atoms with van der Waals surface area (Å²) in [5.74, 6) is 0.852. The molecule has 0 saturated carbocycles. The second-order valence-corrected chi connectivity index (χ2v) is 5.68. The molecule has 3 heteroatoms. The quantitative estimate of drug-likeness (QED) is 0.497. The lowest BCUT2D eigenvalue weighted by Gasteiger charge is -2.10. The third-order valence-corrected chi connectivity index (χ3v) is 4.22. The standard InChI is InChI=1S/C21H17NO2/c1-2-24-17-7-5-6-16(13-17)22-20-9-4-3-8-18(20)19-12-15(14-23)10-11-21(19)22/h3-14H,2H2,1H3. The number of fused-ring (bicyclic) bond motifs is 3. The first kappa shape index (κ1) is 14.5. The van der Waals surface area contributed by atoms with Crippen LogP contribution in [-0.2, 0) is 0 Å². The number of aldehydes is 1. The van der Waals surface area contributed by atoms with Crippen LogP contribution in [0.5, 0.6) is 5.75 Å². The van der Waals surface area contributed by atoms with E-state index < -0.39 is 0 Å². The zero-order chi connectivity index (χ0) is 16.5. The van der Waals surface area contributed by atoms with Crippen molar-refractivity contribution in [1.29, 1.82) is 0 Å². The summed E-state index contributed by atoms with van der Waals surface area (Å²) in [6.07, 6.45) is 0.890. The molecular formula is C21H17NO2. The Labute approximate surface area is 140 Å². The Hall–Kier alpha value is -3.07. The molecule has 0 aliphatic carbocycles. The fourth-order valence-corrected chi connectivity index (χ4v) is 3.22. The first-order valence-electron chi connectivity index (χ1n) is 8.03. The molecule has 0 fully saturated rings. The molecule has 1 aromatic heterocycles. The van der Waals surface area contributed by atoms with Gasteiger partial charge < -0.3 is 9.30 Å². The Bertz CT molecular complexity index is 1050. The SMILES string of the molecule is CCOc1cccc(-n2c3ccccc3c3cc(C=O)ccc32)c1. The number of hydrogen-bond acceptors (Lipinski definition) is 2. The molecule has 0 aliphatic rings. The third-order valence-electron chi connectivity index (χ3n) is 4.22. The minimum Gasteiger partial charge on any atom is -0.494 e. The van der Waals surface area contributed by atoms with E-state index in [1.54, 1.807) is 0 Å². The minimum absolute atomic E-state index is 0.638. The van der Waals surface area contributed by atoms with Crippen molar-refractivity contribution >= 4 is 28.1 Å². The maximum atomic E-state index is 11.2. The highest BCUT2D eigenvalue weighted by molar-refractivity contribution is 6.10. The van der Waals surface area contributed by atoms with Gasteiger partial charge in [0.15, 0.2) is 0 Å². The van der Waals surface area contributed by atoms with Crippen molar-refractivity contribution in [3.05, 3.63) is 72.3 Å². The molecule has 0 amide bonds. The van der Waals surface area contributed by atoms with E-state index in [1.165, 1.54) is 0 Å². The van der Waals surface area contributed by atoms with Crippen LogP contribution in [0.2, 0.25) is 0 Å². The van der Waals surface area contributed by atoms with Crippen LogP contribution in [0.1, 0.15) is 17.3 Å². The van der Waals surface area contributed by atoms with Gasteiger partial charge >= 0.3 is 0 Å². The van der Waals surface area contributed by atoms with Crippen molar-refractivity contribution in [2.24, 2.45) is 0 Å². The maximum Gasteiger partial charge on any atom is 0.150 e. The van der Waals surface area contributed by atoms with Crippen molar-refractivity contribution in [1.82, 2.24) is 4.57 Å². The number of carbonyl (C=O) groups is 1. The summed E-state index contributed by atoms with van der Waals surface area (Å²) < 4.78 is 7.86. The second-order valence-electron chi connectivity index (χ2n) is 5.68. The van der Waals surface area contributed by atoms with Gasteiger partial charge in [0.25, 0.3) is 0 Å². The molecule has 24 heavy (non-hydrogen) atoms. The van der Waals surface area contributed by atoms with Gasteiger partial charge in [-0.05, 0) is 43.3 Å². The second kappa shape index (κ2) is 5.85. The summed E-state index contributed by atoms with van der Waals surface area (Å²) >= 11 is 0. The molecule has 0 spiro atoms. The smallest absolute Gasteiger partial charge is 0.150 e. The van der Waals surface area contributed by atoms with Crippen LogP contribution >= 0.6 is 0 Å². The Morgan fingerprint density at radius 1 is 0.917 bits per heavy atom. The van der Waals surface area contributed by atoms with Gasteiger partial charge in [-0.15, -0.1) is 0 Å². The third kappa shape index (κ3) is 2.26. The molecule has 3 nitrogen and oxygen atoms in total. The highest BCUT2D eigenvalue weighted by Crippen LogP contribution is 2.33. The summed E-state index contributed by atoms with van der Waals surface area (Å²) in [6, 6.07) is 22.1. The average Bonchev–Trinajstić information content (AvgIpc) is 2.96. The average molecular weight is 315 g/mol. The van der Waals surface area contributed by atoms with Crippen LogP contribution < -0.4 is 4.74 Å². The van der Waals surface area contributed by atoms with Gasteiger partial charge in [0, 0.05) is 28.1 Å². The molecule has 1 heterocycles. The highest BCUT2D eigenvalue weighted by Gasteiger charge is 2.12. The van der Waals surface area contributed by atoms with Crippen molar-refractivity contribution < 1.29 is 9.53 Å². The molecule has 0 unspecified atom stereocenters. The van der Waals surface area contributed by atoms with Crippen LogP contribution in [0.15, 0.2) is 66.7 Å². The van der Waals surface area contributed by atoms with Crippen molar-refractivity contribution in [3.8, 4) is 11.4 Å². The summed E-state index contributed by atoms with van der Waals surface area (Å²) in [4.78, 5) is 11.2. The molecule has 0 bridgehead atoms. The van der Waals surface area contributed by atoms with Crippen LogP contribution in [0.3, 0.4) is 0 Å². The topological polar surface area (TPSA) is 31.2 Å². The molecule has 0 aliphatic heterocycles. The van der Waals surface area contributed by atoms with E-state index in [1.807, 2.05) is 55.5 Å². The van der Waals surface area contributed by atoms with Gasteiger partial charge in [-0.1, -0.05) is 24.3 Å². The van der Waals surface area contributed by atoms with E-state index in [-0.39, 0.29) is 0 Å². The number of ether oxygens (including phenoxy) is 1. The number of aromatic nitrogens is 1. The van der Waals surface area contributed by atoms with Crippen LogP contribution in [0, 0.1) is 0 Å². The normalized spacial score (nSPS) is 11.0. The van der Waals surface area contributed by atoms with Crippen LogP contribution in [0.4, 0.5) is 0 Å². The molecule has 0 N–H and O–H groups in total. The fraction of sp³-hybridized carbons (Fsp3) is 0.0952. The lowest BCUT2D eigenvalue weighted by molar-refractivity contribution is 0.112. The van der Waals surface area contributed by atoms with Gasteiger partial charge in [-0.3, -0.25) is 4.79 Å². The lowest BCUT2D eigenvalue weighted by atomic mass is 10.1. The molecule has 0 atom stereocenters. The number of carbonyl (C=O) groups excluding carboxylic acids is 1. The molecule has 3 aromatic carbocycles. The van der Waals surface area contributed by atoms with Gasteiger partial charge in [-0.25, -0.2) is 0 Å². The molecule has 4 aromatic rings. The largest absolute Gasteiger partial charge is 0.494 e. The first-order valence-corrected chi connectivity index (χ1v) is 8.03. The van der Waals surface area contributed by atoms with Crippen molar-refractivity contribution in [2.45, 2.75) is 6.92 Å². The predicted octanol–water partition coefficient (Wildman–Crippen LogP) is 4.99. The molecule has 0 radical (unpaired) electrons. The van der Waals surface area contributed by atoms with Crippen molar-refractivity contribution in [3.63, 3.8) is 0 Å². The number of nitrogens with zero attached hydrogens (tertiary/aromatic N) is 1. The monoisotopic (exact) mass is 315 g/mol. The minimum atomic E-state index is 0.638. The van der Waals surface area contributed by atoms with Crippen molar-refractivity contribution in [2.75, 3.05) is 6.61 Å². The fourth-order valence-electron chi connectivity index (χ4n) is 3.22. The van der Waals surface area contributed by atoms with Crippen LogP contribution in [-0.4, -0.2) is 17.5 Å². The van der Waals surface area contributed by atoms with E-state index >= 15 is 0 Å². The number of para-hydroxylation sites is 1. The Balaban J connectivity index is 2.06. The molecule has 118 valence electrons. The molecular weight excluding hydrogens is 298 g/mol. The highest BCUT2D eigenvalue weighted by atomic mass is 16.5. The number of benzene rings is 3. The zero-order valence-electron chi connectivity index (χ0n) is 13.4. The lowest BCUT2D eigenvalue weighted by Crippen LogP contribution is -1.96. The predicted molar refractivity (Wildman–Crippen MR) is 97.3 cm³/mol. The summed E-state index contributed by atoms with van der Waals surface area (Å²) in [5.41, 5.74) is 3.93. The molecule has 4 rings (SSSR count). The van der Waals surface area contributed by atoms with Gasteiger partial charge in [0.1, 0.15) is 12.0 Å². The summed E-state index contributed by atoms with van der Waals surface area (Å²) in [7, 11) is 0. The van der Waals surface area contributed by atoms with Gasteiger partial charge in [0.2, 0.25) is 0 Å². The summed E-state index contributed by atoms with van der Waals surface area (Å²) in [6.45, 7) is 2.62. The zero-order valence-corrected chi connectivity index (χ0v) is 13.4.